The molecule has 0 unspecified atom stereocenters. The van der Waals surface area contributed by atoms with Crippen LogP contribution in [0.25, 0.3) is 0 Å². The number of unbranched alkanes of at least 4 members (excludes halogenated alkanes) is 1. The molecule has 0 saturated heterocycles. The van der Waals surface area contributed by atoms with E-state index in [-0.39, 0.29) is 0 Å². The molecule has 4 heteroatoms. The predicted molar refractivity (Wildman–Crippen MR) is 95.2 cm³/mol. The predicted octanol–water partition coefficient (Wildman–Crippen LogP) is 4.14. The summed E-state index contributed by atoms with van der Waals surface area (Å²) in [5.41, 5.74) is 1.65. The van der Waals surface area contributed by atoms with E-state index in [0.29, 0.717) is 0 Å². The van der Waals surface area contributed by atoms with E-state index in [1.54, 1.807) is 8.85 Å². The molecule has 0 fully saturated rings. The third-order valence-corrected chi connectivity index (χ3v) is 18.7. The van der Waals surface area contributed by atoms with Crippen LogP contribution in [-0.4, -0.2) is 49.3 Å². The summed E-state index contributed by atoms with van der Waals surface area (Å²) >= 11 is -2.92. The van der Waals surface area contributed by atoms with Gasteiger partial charge in [0.25, 0.3) is 0 Å². The molecule has 0 aliphatic heterocycles. The molecule has 1 aliphatic rings. The molecule has 1 aliphatic carbocycles. The Morgan fingerprint density at radius 1 is 0.909 bits per heavy atom. The van der Waals surface area contributed by atoms with Crippen molar-refractivity contribution in [2.45, 2.75) is 53.4 Å². The molecule has 0 N–H and O–H groups in total. The van der Waals surface area contributed by atoms with Gasteiger partial charge in [-0.1, -0.05) is 0 Å². The van der Waals surface area contributed by atoms with Crippen molar-refractivity contribution in [2.24, 2.45) is 0 Å². The first-order valence-electron chi connectivity index (χ1n) is 9.03. The third-order valence-electron chi connectivity index (χ3n) is 5.25. The molecule has 0 spiro atoms. The summed E-state index contributed by atoms with van der Waals surface area (Å²) in [6.07, 6.45) is 9.86. The number of hydrogen-bond donors (Lipinski definition) is 0. The van der Waals surface area contributed by atoms with Gasteiger partial charge in [-0.25, -0.2) is 0 Å². The average molecular weight is 387 g/mol. The van der Waals surface area contributed by atoms with Crippen molar-refractivity contribution in [1.29, 1.82) is 0 Å². The van der Waals surface area contributed by atoms with Crippen LogP contribution >= 0.6 is 0 Å². The van der Waals surface area contributed by atoms with Crippen molar-refractivity contribution in [1.82, 2.24) is 8.53 Å². The Labute approximate surface area is 144 Å². The summed E-state index contributed by atoms with van der Waals surface area (Å²) in [5.74, 6) is 0. The second-order valence-corrected chi connectivity index (χ2v) is 16.6. The van der Waals surface area contributed by atoms with Gasteiger partial charge in [0.15, 0.2) is 0 Å². The Morgan fingerprint density at radius 2 is 1.41 bits per heavy atom. The van der Waals surface area contributed by atoms with Gasteiger partial charge in [0.1, 0.15) is 0 Å². The number of rotatable bonds is 10. The van der Waals surface area contributed by atoms with Crippen LogP contribution in [0.1, 0.15) is 53.4 Å². The monoisotopic (exact) mass is 385 g/mol. The molecule has 128 valence electrons. The minimum atomic E-state index is -2.92. The zero-order valence-electron chi connectivity index (χ0n) is 15.9. The molecule has 0 atom stereocenters. The van der Waals surface area contributed by atoms with Crippen LogP contribution in [0.15, 0.2) is 21.0 Å². The van der Waals surface area contributed by atoms with Gasteiger partial charge < -0.3 is 0 Å². The summed E-state index contributed by atoms with van der Waals surface area (Å²) < 4.78 is 9.95. The topological polar surface area (TPSA) is 9.72 Å². The molecule has 0 radical (unpaired) electrons. The van der Waals surface area contributed by atoms with Gasteiger partial charge in [0.2, 0.25) is 0 Å². The number of nitrogens with zero attached hydrogens (tertiary/aromatic N) is 3. The van der Waals surface area contributed by atoms with E-state index in [1.807, 2.05) is 0 Å². The van der Waals surface area contributed by atoms with Crippen LogP contribution in [0, 0.1) is 0 Å². The summed E-state index contributed by atoms with van der Waals surface area (Å²) in [6, 6.07) is 0. The third kappa shape index (κ3) is 3.83. The second kappa shape index (κ2) is 9.52. The Kier molecular flexibility index (Phi) is 8.78. The van der Waals surface area contributed by atoms with Crippen molar-refractivity contribution in [3.05, 3.63) is 21.0 Å². The van der Waals surface area contributed by atoms with Crippen LogP contribution in [0.3, 0.4) is 0 Å². The van der Waals surface area contributed by atoms with E-state index in [0.717, 1.165) is 19.6 Å². The van der Waals surface area contributed by atoms with E-state index >= 15 is 0 Å². The van der Waals surface area contributed by atoms with Crippen molar-refractivity contribution >= 4 is 0 Å². The second-order valence-electron chi connectivity index (χ2n) is 6.39. The fourth-order valence-corrected chi connectivity index (χ4v) is 17.2. The molecular formula is C18H37N3Zr. The molecule has 22 heavy (non-hydrogen) atoms. The molecule has 0 bridgehead atoms. The molecule has 1 rings (SSSR count). The van der Waals surface area contributed by atoms with Gasteiger partial charge in [-0.05, 0) is 0 Å². The van der Waals surface area contributed by atoms with E-state index in [2.05, 4.69) is 69.5 Å². The molecule has 0 aromatic rings. The fourth-order valence-electron chi connectivity index (χ4n) is 3.73. The molecule has 3 nitrogen and oxygen atoms in total. The quantitative estimate of drug-likeness (QED) is 0.558. The number of allylic oxidation sites excluding steroid dienone is 4. The maximum atomic E-state index is 2.72. The normalized spacial score (nSPS) is 15.9. The SMILES string of the molecule is CCCCC1=[C]([Zr]([N](C)CC)([N](C)CC)[N](C)CC)CC=C1. The van der Waals surface area contributed by atoms with E-state index in [9.17, 15) is 0 Å². The van der Waals surface area contributed by atoms with Crippen LogP contribution in [0.4, 0.5) is 0 Å². The summed E-state index contributed by atoms with van der Waals surface area (Å²) in [6.45, 7) is 12.6. The standard InChI is InChI=1S/C9H13.3C3H8N.Zr/c1-2-3-6-9-7-4-5-8-9;3*1-3-4-2;/h4,7H,2-3,5-6H2,1H3;3*3H2,1-2H3;/q;3*-1;+3. The molecule has 0 heterocycles. The molecule has 0 amide bonds. The molecule has 0 saturated carbocycles. The van der Waals surface area contributed by atoms with Gasteiger partial charge in [-0.15, -0.1) is 0 Å². The molecular weight excluding hydrogens is 349 g/mol. The first-order valence-corrected chi connectivity index (χ1v) is 13.6. The minimum absolute atomic E-state index is 1.13. The van der Waals surface area contributed by atoms with Crippen molar-refractivity contribution < 1.29 is 21.1 Å². The zero-order valence-corrected chi connectivity index (χ0v) is 18.4. The average Bonchev–Trinajstić information content (AvgIpc) is 3.01. The number of hydrogen-bond acceptors (Lipinski definition) is 3. The van der Waals surface area contributed by atoms with Gasteiger partial charge in [0.05, 0.1) is 0 Å². The Morgan fingerprint density at radius 3 is 1.82 bits per heavy atom. The fraction of sp³-hybridized carbons (Fsp3) is 0.778. The van der Waals surface area contributed by atoms with E-state index < -0.39 is 21.1 Å². The summed E-state index contributed by atoms with van der Waals surface area (Å²) in [7, 11) is 7.07. The first kappa shape index (κ1) is 20.3. The van der Waals surface area contributed by atoms with Crippen LogP contribution in [-0.2, 0) is 21.1 Å². The van der Waals surface area contributed by atoms with Crippen molar-refractivity contribution in [2.75, 3.05) is 40.8 Å². The van der Waals surface area contributed by atoms with Crippen molar-refractivity contribution in [3.8, 4) is 0 Å². The van der Waals surface area contributed by atoms with Gasteiger partial charge in [0, 0.05) is 0 Å². The van der Waals surface area contributed by atoms with E-state index in [4.69, 9.17) is 0 Å². The molecule has 0 aromatic carbocycles. The van der Waals surface area contributed by atoms with Gasteiger partial charge in [-0.2, -0.15) is 0 Å². The van der Waals surface area contributed by atoms with Crippen LogP contribution < -0.4 is 0 Å². The Hall–Kier alpha value is 0.243. The van der Waals surface area contributed by atoms with Crippen LogP contribution in [0.5, 0.6) is 0 Å². The Bertz CT molecular complexity index is 377. The molecule has 0 aromatic heterocycles. The summed E-state index contributed by atoms with van der Waals surface area (Å²) in [4.78, 5) is 0. The maximum absolute atomic E-state index is 2.92. The van der Waals surface area contributed by atoms with Crippen molar-refractivity contribution in [3.63, 3.8) is 0 Å². The Balaban J connectivity index is 3.40. The van der Waals surface area contributed by atoms with E-state index in [1.165, 1.54) is 25.7 Å². The zero-order chi connectivity index (χ0) is 16.8. The summed E-state index contributed by atoms with van der Waals surface area (Å²) in [5, 5.41) is 0. The van der Waals surface area contributed by atoms with Crippen LogP contribution in [0.2, 0.25) is 0 Å². The van der Waals surface area contributed by atoms with Gasteiger partial charge >= 0.3 is 145 Å². The first-order chi connectivity index (χ1) is 10.5. The van der Waals surface area contributed by atoms with Gasteiger partial charge in [-0.3, -0.25) is 0 Å².